The lowest BCUT2D eigenvalue weighted by Crippen LogP contribution is -2.25. The first-order valence-electron chi connectivity index (χ1n) is 11.6. The van der Waals surface area contributed by atoms with E-state index in [0.717, 1.165) is 50.0 Å². The quantitative estimate of drug-likeness (QED) is 0.365. The van der Waals surface area contributed by atoms with E-state index < -0.39 is 0 Å². The zero-order chi connectivity index (χ0) is 22.0. The first-order chi connectivity index (χ1) is 15.8. The molecule has 0 N–H and O–H groups in total. The Morgan fingerprint density at radius 2 is 1.50 bits per heavy atom. The van der Waals surface area contributed by atoms with Crippen molar-refractivity contribution in [3.8, 4) is 0 Å². The molecule has 1 aliphatic rings. The molecule has 0 aromatic heterocycles. The van der Waals surface area contributed by atoms with Crippen LogP contribution in [0.25, 0.3) is 0 Å². The molecule has 0 bridgehead atoms. The van der Waals surface area contributed by atoms with Gasteiger partial charge in [-0.1, -0.05) is 72.8 Å². The van der Waals surface area contributed by atoms with Gasteiger partial charge in [-0.3, -0.25) is 0 Å². The van der Waals surface area contributed by atoms with Crippen molar-refractivity contribution in [2.45, 2.75) is 31.5 Å². The molecule has 1 heterocycles. The van der Waals surface area contributed by atoms with Gasteiger partial charge < -0.3 is 14.4 Å². The highest BCUT2D eigenvalue weighted by Crippen LogP contribution is 2.25. The summed E-state index contributed by atoms with van der Waals surface area (Å²) < 4.78 is 25.4. The van der Waals surface area contributed by atoms with E-state index in [-0.39, 0.29) is 18.0 Å². The molecule has 3 aromatic carbocycles. The zero-order valence-electron chi connectivity index (χ0n) is 18.5. The molecule has 4 rings (SSSR count). The number of hydrogen-bond donors (Lipinski definition) is 0. The van der Waals surface area contributed by atoms with Crippen LogP contribution in [0.5, 0.6) is 0 Å². The molecule has 0 saturated carbocycles. The van der Waals surface area contributed by atoms with Gasteiger partial charge in [-0.05, 0) is 54.6 Å². The third kappa shape index (κ3) is 6.73. The summed E-state index contributed by atoms with van der Waals surface area (Å²) in [5.74, 6) is -0.170. The molecule has 0 radical (unpaired) electrons. The van der Waals surface area contributed by atoms with Crippen molar-refractivity contribution in [1.29, 1.82) is 0 Å². The first kappa shape index (κ1) is 22.7. The number of hydrogen-bond acceptors (Lipinski definition) is 3. The van der Waals surface area contributed by atoms with Crippen molar-refractivity contribution in [1.82, 2.24) is 4.90 Å². The maximum Gasteiger partial charge on any atom is 0.123 e. The van der Waals surface area contributed by atoms with Crippen molar-refractivity contribution in [3.05, 3.63) is 107 Å². The monoisotopic (exact) mass is 433 g/mol. The van der Waals surface area contributed by atoms with Crippen LogP contribution in [0.4, 0.5) is 4.39 Å². The molecule has 0 spiro atoms. The highest BCUT2D eigenvalue weighted by Gasteiger charge is 2.22. The Morgan fingerprint density at radius 3 is 2.16 bits per heavy atom. The second-order valence-corrected chi connectivity index (χ2v) is 8.38. The lowest BCUT2D eigenvalue weighted by Gasteiger charge is -2.20. The van der Waals surface area contributed by atoms with Crippen LogP contribution in [0.1, 0.15) is 35.6 Å². The lowest BCUT2D eigenvalue weighted by molar-refractivity contribution is -0.00887. The third-order valence-corrected chi connectivity index (χ3v) is 6.01. The van der Waals surface area contributed by atoms with E-state index in [4.69, 9.17) is 9.47 Å². The van der Waals surface area contributed by atoms with Gasteiger partial charge in [0.15, 0.2) is 0 Å². The highest BCUT2D eigenvalue weighted by atomic mass is 19.1. The van der Waals surface area contributed by atoms with Crippen LogP contribution < -0.4 is 0 Å². The van der Waals surface area contributed by atoms with E-state index in [2.05, 4.69) is 29.2 Å². The lowest BCUT2D eigenvalue weighted by atomic mass is 10.0. The van der Waals surface area contributed by atoms with Crippen molar-refractivity contribution in [2.75, 3.05) is 32.8 Å². The molecule has 1 aliphatic heterocycles. The molecule has 168 valence electrons. The van der Waals surface area contributed by atoms with Gasteiger partial charge in [0.05, 0.1) is 19.3 Å². The maximum absolute atomic E-state index is 13.0. The van der Waals surface area contributed by atoms with E-state index in [1.807, 2.05) is 48.5 Å². The van der Waals surface area contributed by atoms with E-state index in [0.29, 0.717) is 13.2 Å². The van der Waals surface area contributed by atoms with Gasteiger partial charge in [-0.15, -0.1) is 0 Å². The highest BCUT2D eigenvalue weighted by molar-refractivity contribution is 5.29. The third-order valence-electron chi connectivity index (χ3n) is 6.01. The first-order valence-corrected chi connectivity index (χ1v) is 11.6. The van der Waals surface area contributed by atoms with E-state index in [1.165, 1.54) is 17.7 Å². The Labute approximate surface area is 190 Å². The van der Waals surface area contributed by atoms with Crippen LogP contribution in [0.3, 0.4) is 0 Å². The van der Waals surface area contributed by atoms with Crippen LogP contribution in [-0.4, -0.2) is 43.9 Å². The van der Waals surface area contributed by atoms with Gasteiger partial charge in [0.2, 0.25) is 0 Å². The minimum absolute atomic E-state index is 0.0764. The van der Waals surface area contributed by atoms with E-state index >= 15 is 0 Å². The van der Waals surface area contributed by atoms with Crippen LogP contribution in [0, 0.1) is 5.82 Å². The summed E-state index contributed by atoms with van der Waals surface area (Å²) in [5.41, 5.74) is 3.51. The molecule has 1 atom stereocenters. The minimum Gasteiger partial charge on any atom is -0.374 e. The molecular weight excluding hydrogens is 401 g/mol. The molecule has 4 heteroatoms. The maximum atomic E-state index is 13.0. The Balaban J connectivity index is 1.17. The van der Waals surface area contributed by atoms with E-state index in [1.54, 1.807) is 0 Å². The summed E-state index contributed by atoms with van der Waals surface area (Å²) in [6.07, 6.45) is 3.33. The smallest absolute Gasteiger partial charge is 0.123 e. The molecule has 3 nitrogen and oxygen atoms in total. The topological polar surface area (TPSA) is 21.7 Å². The van der Waals surface area contributed by atoms with Crippen molar-refractivity contribution in [2.24, 2.45) is 0 Å². The summed E-state index contributed by atoms with van der Waals surface area (Å²) >= 11 is 0. The molecule has 32 heavy (non-hydrogen) atoms. The predicted octanol–water partition coefficient (Wildman–Crippen LogP) is 5.66. The van der Waals surface area contributed by atoms with Gasteiger partial charge in [0.1, 0.15) is 11.9 Å². The summed E-state index contributed by atoms with van der Waals surface area (Å²) in [5, 5.41) is 0. The van der Waals surface area contributed by atoms with Crippen LogP contribution in [0.15, 0.2) is 84.9 Å². The summed E-state index contributed by atoms with van der Waals surface area (Å²) in [4.78, 5) is 2.46. The Bertz CT molecular complexity index is 878. The molecule has 0 amide bonds. The van der Waals surface area contributed by atoms with Gasteiger partial charge >= 0.3 is 0 Å². The molecule has 1 saturated heterocycles. The number of aryl methyl sites for hydroxylation is 1. The van der Waals surface area contributed by atoms with Crippen LogP contribution >= 0.6 is 0 Å². The molecule has 3 aromatic rings. The normalized spacial score (nSPS) is 16.6. The van der Waals surface area contributed by atoms with Gasteiger partial charge in [-0.25, -0.2) is 4.39 Å². The van der Waals surface area contributed by atoms with E-state index in [9.17, 15) is 4.39 Å². The fourth-order valence-electron chi connectivity index (χ4n) is 4.32. The SMILES string of the molecule is Fc1ccc(CCCN2CCC(OCCOC(c3ccccc3)c3ccccc3)C2)cc1. The number of halogens is 1. The van der Waals surface area contributed by atoms with Crippen molar-refractivity contribution >= 4 is 0 Å². The fraction of sp³-hybridized carbons (Fsp3) is 0.357. The van der Waals surface area contributed by atoms with Crippen molar-refractivity contribution in [3.63, 3.8) is 0 Å². The zero-order valence-corrected chi connectivity index (χ0v) is 18.5. The van der Waals surface area contributed by atoms with Crippen molar-refractivity contribution < 1.29 is 13.9 Å². The Kier molecular flexibility index (Phi) is 8.43. The fourth-order valence-corrected chi connectivity index (χ4v) is 4.32. The average molecular weight is 434 g/mol. The summed E-state index contributed by atoms with van der Waals surface area (Å²) in [7, 11) is 0. The van der Waals surface area contributed by atoms with Crippen LogP contribution in [0.2, 0.25) is 0 Å². The number of likely N-dealkylation sites (tertiary alicyclic amines) is 1. The number of nitrogens with zero attached hydrogens (tertiary/aromatic N) is 1. The van der Waals surface area contributed by atoms with Gasteiger partial charge in [0, 0.05) is 13.1 Å². The summed E-state index contributed by atoms with van der Waals surface area (Å²) in [6.45, 7) is 4.27. The molecule has 1 unspecified atom stereocenters. The second kappa shape index (κ2) is 11.9. The second-order valence-electron chi connectivity index (χ2n) is 8.38. The number of ether oxygens (including phenoxy) is 2. The summed E-state index contributed by atoms with van der Waals surface area (Å²) in [6, 6.07) is 27.5. The standard InChI is InChI=1S/C28H32FNO2/c29-26-15-13-23(14-16-26)8-7-18-30-19-17-27(22-30)31-20-21-32-28(24-9-3-1-4-10-24)25-11-5-2-6-12-25/h1-6,9-16,27-28H,7-8,17-22H2. The van der Waals surface area contributed by atoms with Crippen LogP contribution in [-0.2, 0) is 15.9 Å². The van der Waals surface area contributed by atoms with Gasteiger partial charge in [0.25, 0.3) is 0 Å². The largest absolute Gasteiger partial charge is 0.374 e. The molecule has 1 fully saturated rings. The minimum atomic E-state index is -0.170. The number of benzene rings is 3. The average Bonchev–Trinajstić information content (AvgIpc) is 3.29. The molecular formula is C28H32FNO2. The molecule has 0 aliphatic carbocycles. The number of rotatable bonds is 11. The Hall–Kier alpha value is -2.53. The predicted molar refractivity (Wildman–Crippen MR) is 126 cm³/mol. The Morgan fingerprint density at radius 1 is 0.844 bits per heavy atom. The van der Waals surface area contributed by atoms with Gasteiger partial charge in [-0.2, -0.15) is 0 Å².